The van der Waals surface area contributed by atoms with Gasteiger partial charge in [0.25, 0.3) is 0 Å². The van der Waals surface area contributed by atoms with Gasteiger partial charge in [-0.1, -0.05) is 31.2 Å². The topological polar surface area (TPSA) is 53.6 Å². The van der Waals surface area contributed by atoms with E-state index in [4.69, 9.17) is 4.74 Å². The van der Waals surface area contributed by atoms with E-state index < -0.39 is 0 Å². The summed E-state index contributed by atoms with van der Waals surface area (Å²) >= 11 is 0. The molecule has 0 radical (unpaired) electrons. The Kier molecular flexibility index (Phi) is 7.48. The van der Waals surface area contributed by atoms with E-state index in [0.717, 1.165) is 30.1 Å². The molecule has 5 heteroatoms. The lowest BCUT2D eigenvalue weighted by Gasteiger charge is -2.15. The van der Waals surface area contributed by atoms with Crippen LogP contribution in [-0.2, 0) is 13.1 Å². The molecule has 0 aliphatic carbocycles. The standard InChI is InChI=1S/C21H29N3O2/c1-5-24(4)15-18-8-6-7-17(13-18)14-22-21(25)23-19-9-11-20(12-10-19)26-16(2)3/h6-13,16H,5,14-15H2,1-4H3,(H2,22,23,25). The van der Waals surface area contributed by atoms with E-state index in [9.17, 15) is 4.79 Å². The monoisotopic (exact) mass is 355 g/mol. The first-order chi connectivity index (χ1) is 12.5. The summed E-state index contributed by atoms with van der Waals surface area (Å²) in [5.74, 6) is 0.792. The van der Waals surface area contributed by atoms with E-state index >= 15 is 0 Å². The van der Waals surface area contributed by atoms with Gasteiger partial charge in [-0.15, -0.1) is 0 Å². The number of carbonyl (C=O) groups is 1. The second kappa shape index (κ2) is 9.82. The number of hydrogen-bond donors (Lipinski definition) is 2. The van der Waals surface area contributed by atoms with Crippen molar-refractivity contribution in [1.82, 2.24) is 10.2 Å². The molecule has 2 N–H and O–H groups in total. The number of rotatable bonds is 8. The minimum atomic E-state index is -0.224. The maximum Gasteiger partial charge on any atom is 0.319 e. The molecule has 0 aliphatic rings. The highest BCUT2D eigenvalue weighted by Gasteiger charge is 2.04. The minimum absolute atomic E-state index is 0.130. The first kappa shape index (κ1) is 19.8. The van der Waals surface area contributed by atoms with Gasteiger partial charge in [0.05, 0.1) is 6.10 Å². The van der Waals surface area contributed by atoms with Gasteiger partial charge in [-0.2, -0.15) is 0 Å². The summed E-state index contributed by atoms with van der Waals surface area (Å²) in [4.78, 5) is 14.3. The quantitative estimate of drug-likeness (QED) is 0.744. The summed E-state index contributed by atoms with van der Waals surface area (Å²) < 4.78 is 5.59. The maximum absolute atomic E-state index is 12.1. The summed E-state index contributed by atoms with van der Waals surface area (Å²) in [6.07, 6.45) is 0.130. The summed E-state index contributed by atoms with van der Waals surface area (Å²) in [5, 5.41) is 5.73. The lowest BCUT2D eigenvalue weighted by Crippen LogP contribution is -2.28. The van der Waals surface area contributed by atoms with Crippen molar-refractivity contribution in [2.75, 3.05) is 18.9 Å². The van der Waals surface area contributed by atoms with E-state index in [1.165, 1.54) is 5.56 Å². The zero-order valence-corrected chi connectivity index (χ0v) is 16.1. The van der Waals surface area contributed by atoms with Crippen molar-refractivity contribution in [2.24, 2.45) is 0 Å². The minimum Gasteiger partial charge on any atom is -0.491 e. The summed E-state index contributed by atoms with van der Waals surface area (Å²) in [7, 11) is 2.09. The molecular weight excluding hydrogens is 326 g/mol. The van der Waals surface area contributed by atoms with Crippen LogP contribution in [0.15, 0.2) is 48.5 Å². The highest BCUT2D eigenvalue weighted by Crippen LogP contribution is 2.16. The van der Waals surface area contributed by atoms with Crippen LogP contribution in [0.3, 0.4) is 0 Å². The second-order valence-electron chi connectivity index (χ2n) is 6.65. The van der Waals surface area contributed by atoms with E-state index in [0.29, 0.717) is 6.54 Å². The van der Waals surface area contributed by atoms with Gasteiger partial charge in [-0.05, 0) is 62.8 Å². The average Bonchev–Trinajstić information content (AvgIpc) is 2.61. The number of carbonyl (C=O) groups excluding carboxylic acids is 1. The average molecular weight is 355 g/mol. The van der Waals surface area contributed by atoms with Crippen molar-refractivity contribution in [3.63, 3.8) is 0 Å². The normalized spacial score (nSPS) is 10.8. The van der Waals surface area contributed by atoms with Crippen molar-refractivity contribution in [1.29, 1.82) is 0 Å². The lowest BCUT2D eigenvalue weighted by atomic mass is 10.1. The van der Waals surface area contributed by atoms with Crippen LogP contribution in [0.1, 0.15) is 31.9 Å². The number of hydrogen-bond acceptors (Lipinski definition) is 3. The fourth-order valence-electron chi connectivity index (χ4n) is 2.51. The predicted octanol–water partition coefficient (Wildman–Crippen LogP) is 4.25. The van der Waals surface area contributed by atoms with E-state index in [-0.39, 0.29) is 12.1 Å². The lowest BCUT2D eigenvalue weighted by molar-refractivity contribution is 0.242. The Balaban J connectivity index is 1.84. The third-order valence-electron chi connectivity index (χ3n) is 3.92. The molecule has 2 aromatic carbocycles. The molecule has 0 fully saturated rings. The van der Waals surface area contributed by atoms with Gasteiger partial charge in [0, 0.05) is 18.8 Å². The summed E-state index contributed by atoms with van der Waals surface area (Å²) in [5.41, 5.74) is 3.06. The van der Waals surface area contributed by atoms with Crippen LogP contribution in [0.5, 0.6) is 5.75 Å². The molecule has 0 aliphatic heterocycles. The van der Waals surface area contributed by atoms with Crippen molar-refractivity contribution in [2.45, 2.75) is 40.0 Å². The predicted molar refractivity (Wildman–Crippen MR) is 107 cm³/mol. The highest BCUT2D eigenvalue weighted by atomic mass is 16.5. The van der Waals surface area contributed by atoms with Crippen LogP contribution < -0.4 is 15.4 Å². The molecule has 0 spiro atoms. The fraction of sp³-hybridized carbons (Fsp3) is 0.381. The van der Waals surface area contributed by atoms with Crippen molar-refractivity contribution < 1.29 is 9.53 Å². The van der Waals surface area contributed by atoms with Crippen LogP contribution >= 0.6 is 0 Å². The summed E-state index contributed by atoms with van der Waals surface area (Å²) in [6, 6.07) is 15.4. The Morgan fingerprint density at radius 2 is 1.81 bits per heavy atom. The Morgan fingerprint density at radius 1 is 1.12 bits per heavy atom. The molecule has 0 saturated carbocycles. The SMILES string of the molecule is CCN(C)Cc1cccc(CNC(=O)Nc2ccc(OC(C)C)cc2)c1. The molecular formula is C21H29N3O2. The number of nitrogens with zero attached hydrogens (tertiary/aromatic N) is 1. The number of urea groups is 1. The molecule has 0 heterocycles. The Morgan fingerprint density at radius 3 is 2.46 bits per heavy atom. The number of nitrogens with one attached hydrogen (secondary N) is 2. The highest BCUT2D eigenvalue weighted by molar-refractivity contribution is 5.89. The van der Waals surface area contributed by atoms with Crippen LogP contribution in [0, 0.1) is 0 Å². The molecule has 26 heavy (non-hydrogen) atoms. The molecule has 2 aromatic rings. The van der Waals surface area contributed by atoms with Crippen LogP contribution in [0.2, 0.25) is 0 Å². The molecule has 0 aromatic heterocycles. The first-order valence-electron chi connectivity index (χ1n) is 9.04. The number of benzene rings is 2. The molecule has 2 amide bonds. The Hall–Kier alpha value is -2.53. The molecule has 0 saturated heterocycles. The Bertz CT molecular complexity index is 699. The Labute approximate surface area is 156 Å². The van der Waals surface area contributed by atoms with Gasteiger partial charge in [0.15, 0.2) is 0 Å². The van der Waals surface area contributed by atoms with Gasteiger partial charge in [0.2, 0.25) is 0 Å². The molecule has 140 valence electrons. The van der Waals surface area contributed by atoms with E-state index in [1.54, 1.807) is 0 Å². The van der Waals surface area contributed by atoms with Crippen LogP contribution in [0.25, 0.3) is 0 Å². The first-order valence-corrected chi connectivity index (χ1v) is 9.04. The van der Waals surface area contributed by atoms with E-state index in [1.807, 2.05) is 50.2 Å². The van der Waals surface area contributed by atoms with E-state index in [2.05, 4.69) is 41.6 Å². The van der Waals surface area contributed by atoms with Gasteiger partial charge in [0.1, 0.15) is 5.75 Å². The van der Waals surface area contributed by atoms with Crippen molar-refractivity contribution in [3.8, 4) is 5.75 Å². The van der Waals surface area contributed by atoms with Crippen LogP contribution in [0.4, 0.5) is 10.5 Å². The van der Waals surface area contributed by atoms with Gasteiger partial charge >= 0.3 is 6.03 Å². The largest absolute Gasteiger partial charge is 0.491 e. The van der Waals surface area contributed by atoms with Crippen LogP contribution in [-0.4, -0.2) is 30.6 Å². The number of ether oxygens (including phenoxy) is 1. The molecule has 5 nitrogen and oxygen atoms in total. The molecule has 2 rings (SSSR count). The molecule has 0 atom stereocenters. The third kappa shape index (κ3) is 6.76. The third-order valence-corrected chi connectivity index (χ3v) is 3.92. The maximum atomic E-state index is 12.1. The zero-order chi connectivity index (χ0) is 18.9. The smallest absolute Gasteiger partial charge is 0.319 e. The van der Waals surface area contributed by atoms with Crippen molar-refractivity contribution in [3.05, 3.63) is 59.7 Å². The number of amides is 2. The number of anilines is 1. The fourth-order valence-corrected chi connectivity index (χ4v) is 2.51. The van der Waals surface area contributed by atoms with Crippen molar-refractivity contribution >= 4 is 11.7 Å². The molecule has 0 unspecified atom stereocenters. The zero-order valence-electron chi connectivity index (χ0n) is 16.1. The summed E-state index contributed by atoms with van der Waals surface area (Å²) in [6.45, 7) is 8.50. The van der Waals surface area contributed by atoms with Gasteiger partial charge < -0.3 is 20.3 Å². The van der Waals surface area contributed by atoms with Gasteiger partial charge in [-0.3, -0.25) is 0 Å². The van der Waals surface area contributed by atoms with Gasteiger partial charge in [-0.25, -0.2) is 4.79 Å². The second-order valence-corrected chi connectivity index (χ2v) is 6.65. The molecule has 0 bridgehead atoms.